The van der Waals surface area contributed by atoms with E-state index in [-0.39, 0.29) is 0 Å². The number of benzene rings is 1. The predicted octanol–water partition coefficient (Wildman–Crippen LogP) is 3.83. The van der Waals surface area contributed by atoms with Gasteiger partial charge in [-0.25, -0.2) is 0 Å². The summed E-state index contributed by atoms with van der Waals surface area (Å²) in [6, 6.07) is 13.4. The summed E-state index contributed by atoms with van der Waals surface area (Å²) in [6.07, 6.45) is 9.52. The van der Waals surface area contributed by atoms with Gasteiger partial charge in [0.2, 0.25) is 0 Å². The molecule has 88 valence electrons. The van der Waals surface area contributed by atoms with Gasteiger partial charge in [0.25, 0.3) is 0 Å². The maximum atomic E-state index is 3.63. The molecule has 2 aromatic rings. The fourth-order valence-electron chi connectivity index (χ4n) is 2.57. The molecule has 1 saturated carbocycles. The van der Waals surface area contributed by atoms with Crippen molar-refractivity contribution < 1.29 is 0 Å². The zero-order valence-electron chi connectivity index (χ0n) is 9.97. The summed E-state index contributed by atoms with van der Waals surface area (Å²) in [5.41, 5.74) is 2.46. The van der Waals surface area contributed by atoms with E-state index in [0.717, 1.165) is 0 Å². The Labute approximate surface area is 102 Å². The van der Waals surface area contributed by atoms with E-state index in [0.29, 0.717) is 6.04 Å². The van der Waals surface area contributed by atoms with Gasteiger partial charge in [-0.2, -0.15) is 0 Å². The van der Waals surface area contributed by atoms with Crippen LogP contribution in [0.3, 0.4) is 0 Å². The molecule has 0 bridgehead atoms. The fraction of sp³-hybridized carbons (Fsp3) is 0.333. The SMILES string of the molecule is c1cc(NC2CCCC2)cc(-n2cccc2)c1. The van der Waals surface area contributed by atoms with Crippen LogP contribution in [0.2, 0.25) is 0 Å². The van der Waals surface area contributed by atoms with Crippen LogP contribution in [0, 0.1) is 0 Å². The molecular formula is C15H18N2. The summed E-state index contributed by atoms with van der Waals surface area (Å²) in [6.45, 7) is 0. The van der Waals surface area contributed by atoms with Crippen molar-refractivity contribution in [1.29, 1.82) is 0 Å². The lowest BCUT2D eigenvalue weighted by atomic mass is 10.2. The number of nitrogens with one attached hydrogen (secondary N) is 1. The highest BCUT2D eigenvalue weighted by Gasteiger charge is 2.14. The Bertz CT molecular complexity index is 467. The minimum absolute atomic E-state index is 0.676. The molecule has 0 amide bonds. The Morgan fingerprint density at radius 3 is 2.53 bits per heavy atom. The topological polar surface area (TPSA) is 17.0 Å². The third-order valence-corrected chi connectivity index (χ3v) is 3.47. The van der Waals surface area contributed by atoms with Crippen molar-refractivity contribution in [2.24, 2.45) is 0 Å². The van der Waals surface area contributed by atoms with Crippen LogP contribution in [0.4, 0.5) is 5.69 Å². The van der Waals surface area contributed by atoms with Gasteiger partial charge in [-0.3, -0.25) is 0 Å². The number of nitrogens with zero attached hydrogens (tertiary/aromatic N) is 1. The van der Waals surface area contributed by atoms with Gasteiger partial charge < -0.3 is 9.88 Å². The van der Waals surface area contributed by atoms with Gasteiger partial charge in [0.1, 0.15) is 0 Å². The zero-order valence-corrected chi connectivity index (χ0v) is 9.97. The van der Waals surface area contributed by atoms with Crippen LogP contribution in [0.5, 0.6) is 0 Å². The van der Waals surface area contributed by atoms with Crippen LogP contribution < -0.4 is 5.32 Å². The molecule has 17 heavy (non-hydrogen) atoms. The molecule has 3 rings (SSSR count). The van der Waals surface area contributed by atoms with Crippen LogP contribution in [0.15, 0.2) is 48.8 Å². The molecule has 1 aromatic carbocycles. The highest BCUT2D eigenvalue weighted by Crippen LogP contribution is 2.23. The van der Waals surface area contributed by atoms with E-state index in [1.807, 2.05) is 0 Å². The lowest BCUT2D eigenvalue weighted by Gasteiger charge is -2.14. The fourth-order valence-corrected chi connectivity index (χ4v) is 2.57. The molecule has 1 aliphatic rings. The van der Waals surface area contributed by atoms with E-state index in [1.165, 1.54) is 37.1 Å². The van der Waals surface area contributed by atoms with E-state index in [1.54, 1.807) is 0 Å². The number of hydrogen-bond acceptors (Lipinski definition) is 1. The third-order valence-electron chi connectivity index (χ3n) is 3.47. The summed E-state index contributed by atoms with van der Waals surface area (Å²) in [7, 11) is 0. The molecule has 1 aromatic heterocycles. The van der Waals surface area contributed by atoms with Crippen molar-refractivity contribution in [1.82, 2.24) is 4.57 Å². The molecule has 0 aliphatic heterocycles. The van der Waals surface area contributed by atoms with Crippen molar-refractivity contribution in [2.75, 3.05) is 5.32 Å². The Kier molecular flexibility index (Phi) is 2.87. The van der Waals surface area contributed by atoms with Gasteiger partial charge >= 0.3 is 0 Å². The molecule has 1 N–H and O–H groups in total. The van der Waals surface area contributed by atoms with Gasteiger partial charge in [-0.05, 0) is 43.2 Å². The van der Waals surface area contributed by atoms with Gasteiger partial charge in [0.05, 0.1) is 0 Å². The molecule has 0 unspecified atom stereocenters. The monoisotopic (exact) mass is 226 g/mol. The number of rotatable bonds is 3. The summed E-state index contributed by atoms with van der Waals surface area (Å²) < 4.78 is 2.14. The largest absolute Gasteiger partial charge is 0.382 e. The number of hydrogen-bond donors (Lipinski definition) is 1. The lowest BCUT2D eigenvalue weighted by molar-refractivity contribution is 0.755. The highest BCUT2D eigenvalue weighted by molar-refractivity contribution is 5.51. The van der Waals surface area contributed by atoms with Crippen LogP contribution in [0.1, 0.15) is 25.7 Å². The van der Waals surface area contributed by atoms with Crippen LogP contribution in [-0.4, -0.2) is 10.6 Å². The molecule has 1 heterocycles. The second kappa shape index (κ2) is 4.66. The first kappa shape index (κ1) is 10.5. The second-order valence-corrected chi connectivity index (χ2v) is 4.77. The summed E-state index contributed by atoms with van der Waals surface area (Å²) in [4.78, 5) is 0. The molecule has 0 radical (unpaired) electrons. The quantitative estimate of drug-likeness (QED) is 0.841. The standard InChI is InChI=1S/C15H18N2/c1-2-7-13(6-1)16-14-8-5-9-15(12-14)17-10-3-4-11-17/h3-5,8-13,16H,1-2,6-7H2. The van der Waals surface area contributed by atoms with Crippen molar-refractivity contribution in [3.8, 4) is 5.69 Å². The van der Waals surface area contributed by atoms with Gasteiger partial charge in [-0.15, -0.1) is 0 Å². The van der Waals surface area contributed by atoms with Crippen molar-refractivity contribution in [3.05, 3.63) is 48.8 Å². The Balaban J connectivity index is 1.79. The maximum Gasteiger partial charge on any atom is 0.0469 e. The lowest BCUT2D eigenvalue weighted by Crippen LogP contribution is -2.14. The van der Waals surface area contributed by atoms with Gasteiger partial charge in [0, 0.05) is 29.8 Å². The van der Waals surface area contributed by atoms with Crippen LogP contribution >= 0.6 is 0 Å². The predicted molar refractivity (Wildman–Crippen MR) is 71.6 cm³/mol. The highest BCUT2D eigenvalue weighted by atomic mass is 15.0. The smallest absolute Gasteiger partial charge is 0.0469 e. The molecule has 2 nitrogen and oxygen atoms in total. The summed E-state index contributed by atoms with van der Waals surface area (Å²) in [5.74, 6) is 0. The van der Waals surface area contributed by atoms with Crippen molar-refractivity contribution in [3.63, 3.8) is 0 Å². The number of anilines is 1. The zero-order chi connectivity index (χ0) is 11.5. The second-order valence-electron chi connectivity index (χ2n) is 4.77. The molecule has 1 aliphatic carbocycles. The van der Waals surface area contributed by atoms with E-state index >= 15 is 0 Å². The summed E-state index contributed by atoms with van der Waals surface area (Å²) in [5, 5.41) is 3.63. The first-order valence-corrected chi connectivity index (χ1v) is 6.42. The first-order valence-electron chi connectivity index (χ1n) is 6.42. The van der Waals surface area contributed by atoms with E-state index in [4.69, 9.17) is 0 Å². The van der Waals surface area contributed by atoms with Gasteiger partial charge in [-0.1, -0.05) is 18.9 Å². The molecular weight excluding hydrogens is 208 g/mol. The molecule has 0 atom stereocenters. The maximum absolute atomic E-state index is 3.63. The Morgan fingerprint density at radius 2 is 1.76 bits per heavy atom. The number of aromatic nitrogens is 1. The van der Waals surface area contributed by atoms with Gasteiger partial charge in [0.15, 0.2) is 0 Å². The minimum Gasteiger partial charge on any atom is -0.382 e. The average molecular weight is 226 g/mol. The molecule has 1 fully saturated rings. The average Bonchev–Trinajstić information content (AvgIpc) is 3.01. The summed E-state index contributed by atoms with van der Waals surface area (Å²) >= 11 is 0. The Hall–Kier alpha value is -1.70. The van der Waals surface area contributed by atoms with E-state index in [9.17, 15) is 0 Å². The van der Waals surface area contributed by atoms with E-state index < -0.39 is 0 Å². The van der Waals surface area contributed by atoms with E-state index in [2.05, 4.69) is 58.7 Å². The molecule has 2 heteroatoms. The molecule has 0 saturated heterocycles. The van der Waals surface area contributed by atoms with Crippen LogP contribution in [0.25, 0.3) is 5.69 Å². The third kappa shape index (κ3) is 2.36. The van der Waals surface area contributed by atoms with Crippen molar-refractivity contribution in [2.45, 2.75) is 31.7 Å². The van der Waals surface area contributed by atoms with Crippen LogP contribution in [-0.2, 0) is 0 Å². The minimum atomic E-state index is 0.676. The normalized spacial score (nSPS) is 16.2. The Morgan fingerprint density at radius 1 is 1.00 bits per heavy atom. The van der Waals surface area contributed by atoms with Crippen molar-refractivity contribution >= 4 is 5.69 Å². The molecule has 0 spiro atoms. The first-order chi connectivity index (χ1) is 8.42.